The predicted molar refractivity (Wildman–Crippen MR) is 108 cm³/mol. The fraction of sp³-hybridized carbons (Fsp3) is 0.273. The average Bonchev–Trinajstić information content (AvgIpc) is 2.74. The predicted octanol–water partition coefficient (Wildman–Crippen LogP) is 3.15. The largest absolute Gasteiger partial charge is 0.492 e. The van der Waals surface area contributed by atoms with Crippen molar-refractivity contribution in [2.24, 2.45) is 0 Å². The number of carbonyl (C=O) groups excluding carboxylic acids is 1. The molecule has 0 unspecified atom stereocenters. The highest BCUT2D eigenvalue weighted by Gasteiger charge is 2.25. The van der Waals surface area contributed by atoms with Crippen LogP contribution >= 0.6 is 0 Å². The van der Waals surface area contributed by atoms with Gasteiger partial charge >= 0.3 is 5.63 Å². The number of carbonyl (C=O) groups is 1. The van der Waals surface area contributed by atoms with Crippen molar-refractivity contribution in [3.63, 3.8) is 0 Å². The molecule has 0 bridgehead atoms. The Labute approximate surface area is 162 Å². The van der Waals surface area contributed by atoms with Crippen molar-refractivity contribution in [3.05, 3.63) is 70.8 Å². The number of nitrogens with zero attached hydrogens (tertiary/aromatic N) is 2. The van der Waals surface area contributed by atoms with E-state index in [4.69, 9.17) is 9.15 Å². The van der Waals surface area contributed by atoms with E-state index >= 15 is 0 Å². The number of ether oxygens (including phenoxy) is 1. The molecule has 0 N–H and O–H groups in total. The van der Waals surface area contributed by atoms with Crippen molar-refractivity contribution in [3.8, 4) is 5.75 Å². The van der Waals surface area contributed by atoms with Crippen molar-refractivity contribution >= 4 is 22.4 Å². The molecule has 0 radical (unpaired) electrons. The number of rotatable bonds is 4. The average molecular weight is 378 g/mol. The highest BCUT2D eigenvalue weighted by atomic mass is 16.5. The van der Waals surface area contributed by atoms with Crippen molar-refractivity contribution < 1.29 is 13.9 Å². The molecule has 6 heteroatoms. The lowest BCUT2D eigenvalue weighted by Gasteiger charge is -2.36. The number of hydrogen-bond acceptors (Lipinski definition) is 5. The lowest BCUT2D eigenvalue weighted by atomic mass is 10.1. The first-order valence-electron chi connectivity index (χ1n) is 9.46. The van der Waals surface area contributed by atoms with Gasteiger partial charge in [0, 0.05) is 26.2 Å². The van der Waals surface area contributed by atoms with E-state index in [2.05, 4.69) is 4.90 Å². The molecule has 1 fully saturated rings. The number of benzene rings is 2. The van der Waals surface area contributed by atoms with E-state index in [-0.39, 0.29) is 11.7 Å². The lowest BCUT2D eigenvalue weighted by molar-refractivity contribution is 0.0710. The SMILES string of the molecule is CCOc1ccccc1N1CCN(C(=O)c2cc3ccccc3c(=O)o2)CC1. The second-order valence-corrected chi connectivity index (χ2v) is 6.67. The van der Waals surface area contributed by atoms with Gasteiger partial charge in [-0.05, 0) is 36.6 Å². The van der Waals surface area contributed by atoms with Gasteiger partial charge < -0.3 is 19.0 Å². The van der Waals surface area contributed by atoms with Crippen molar-refractivity contribution in [1.82, 2.24) is 4.90 Å². The van der Waals surface area contributed by atoms with Gasteiger partial charge in [0.15, 0.2) is 5.76 Å². The van der Waals surface area contributed by atoms with E-state index in [0.29, 0.717) is 43.6 Å². The Kier molecular flexibility index (Phi) is 5.02. The Bertz CT molecular complexity index is 1050. The summed E-state index contributed by atoms with van der Waals surface area (Å²) in [6.45, 7) is 5.05. The molecule has 2 aromatic carbocycles. The molecule has 1 aliphatic rings. The van der Waals surface area contributed by atoms with Gasteiger partial charge in [0.1, 0.15) is 5.75 Å². The summed E-state index contributed by atoms with van der Waals surface area (Å²) in [5.41, 5.74) is 0.555. The number of amides is 1. The first-order chi connectivity index (χ1) is 13.7. The molecule has 0 aliphatic carbocycles. The van der Waals surface area contributed by atoms with Gasteiger partial charge in [-0.3, -0.25) is 4.79 Å². The van der Waals surface area contributed by atoms with Crippen LogP contribution in [0.1, 0.15) is 17.5 Å². The number of anilines is 1. The highest BCUT2D eigenvalue weighted by Crippen LogP contribution is 2.29. The van der Waals surface area contributed by atoms with Gasteiger partial charge in [-0.1, -0.05) is 30.3 Å². The van der Waals surface area contributed by atoms with Gasteiger partial charge in [-0.2, -0.15) is 0 Å². The van der Waals surface area contributed by atoms with Gasteiger partial charge in [0.2, 0.25) is 0 Å². The van der Waals surface area contributed by atoms with E-state index in [0.717, 1.165) is 11.4 Å². The van der Waals surface area contributed by atoms with E-state index < -0.39 is 5.63 Å². The lowest BCUT2D eigenvalue weighted by Crippen LogP contribution is -2.49. The summed E-state index contributed by atoms with van der Waals surface area (Å²) in [7, 11) is 0. The molecule has 4 rings (SSSR count). The molecule has 1 amide bonds. The quantitative estimate of drug-likeness (QED) is 0.698. The molecule has 6 nitrogen and oxygen atoms in total. The van der Waals surface area contributed by atoms with Crippen LogP contribution in [0.4, 0.5) is 5.69 Å². The van der Waals surface area contributed by atoms with Crippen molar-refractivity contribution in [1.29, 1.82) is 0 Å². The third-order valence-electron chi connectivity index (χ3n) is 4.95. The smallest absolute Gasteiger partial charge is 0.344 e. The maximum absolute atomic E-state index is 12.9. The van der Waals surface area contributed by atoms with Gasteiger partial charge in [-0.15, -0.1) is 0 Å². The van der Waals surface area contributed by atoms with E-state index in [1.165, 1.54) is 0 Å². The summed E-state index contributed by atoms with van der Waals surface area (Å²) in [6, 6.07) is 16.7. The molecule has 0 saturated carbocycles. The zero-order valence-corrected chi connectivity index (χ0v) is 15.8. The summed E-state index contributed by atoms with van der Waals surface area (Å²) < 4.78 is 11.0. The second kappa shape index (κ2) is 7.76. The normalized spacial score (nSPS) is 14.3. The van der Waals surface area contributed by atoms with Crippen LogP contribution in [0.25, 0.3) is 10.8 Å². The fourth-order valence-electron chi connectivity index (χ4n) is 3.54. The molecule has 1 aliphatic heterocycles. The van der Waals surface area contributed by atoms with Gasteiger partial charge in [-0.25, -0.2) is 4.79 Å². The molecule has 28 heavy (non-hydrogen) atoms. The maximum atomic E-state index is 12.9. The summed E-state index contributed by atoms with van der Waals surface area (Å²) in [5.74, 6) is 0.692. The van der Waals surface area contributed by atoms with Gasteiger partial charge in [0.25, 0.3) is 5.91 Å². The van der Waals surface area contributed by atoms with Crippen LogP contribution in [0.5, 0.6) is 5.75 Å². The number of piperazine rings is 1. The Morgan fingerprint density at radius 1 is 1.04 bits per heavy atom. The van der Waals surface area contributed by atoms with E-state index in [1.54, 1.807) is 23.1 Å². The molecular weight excluding hydrogens is 356 g/mol. The number of hydrogen-bond donors (Lipinski definition) is 0. The monoisotopic (exact) mass is 378 g/mol. The highest BCUT2D eigenvalue weighted by molar-refractivity contribution is 5.95. The summed E-state index contributed by atoms with van der Waals surface area (Å²) in [5, 5.41) is 1.20. The van der Waals surface area contributed by atoms with Crippen LogP contribution in [-0.4, -0.2) is 43.6 Å². The minimum Gasteiger partial charge on any atom is -0.492 e. The molecule has 0 spiro atoms. The van der Waals surface area contributed by atoms with Crippen LogP contribution < -0.4 is 15.3 Å². The zero-order valence-electron chi connectivity index (χ0n) is 15.8. The molecule has 144 valence electrons. The molecule has 0 atom stereocenters. The zero-order chi connectivity index (χ0) is 19.5. The molecular formula is C22H22N2O4. The van der Waals surface area contributed by atoms with E-state index in [9.17, 15) is 9.59 Å². The van der Waals surface area contributed by atoms with Crippen LogP contribution in [0, 0.1) is 0 Å². The van der Waals surface area contributed by atoms with Crippen molar-refractivity contribution in [2.45, 2.75) is 6.92 Å². The minimum absolute atomic E-state index is 0.0897. The number of para-hydroxylation sites is 2. The summed E-state index contributed by atoms with van der Waals surface area (Å²) in [6.07, 6.45) is 0. The number of fused-ring (bicyclic) bond motifs is 1. The van der Waals surface area contributed by atoms with Crippen molar-refractivity contribution in [2.75, 3.05) is 37.7 Å². The third kappa shape index (κ3) is 3.45. The minimum atomic E-state index is -0.481. The van der Waals surface area contributed by atoms with Crippen LogP contribution in [-0.2, 0) is 0 Å². The maximum Gasteiger partial charge on any atom is 0.344 e. The molecule has 1 saturated heterocycles. The molecule has 2 heterocycles. The Hall–Kier alpha value is -3.28. The Morgan fingerprint density at radius 2 is 1.75 bits per heavy atom. The van der Waals surface area contributed by atoms with Crippen LogP contribution in [0.15, 0.2) is 63.8 Å². The second-order valence-electron chi connectivity index (χ2n) is 6.67. The summed E-state index contributed by atoms with van der Waals surface area (Å²) in [4.78, 5) is 29.0. The Balaban J connectivity index is 1.50. The fourth-order valence-corrected chi connectivity index (χ4v) is 3.54. The van der Waals surface area contributed by atoms with Crippen LogP contribution in [0.2, 0.25) is 0 Å². The topological polar surface area (TPSA) is 63.0 Å². The van der Waals surface area contributed by atoms with E-state index in [1.807, 2.05) is 43.3 Å². The Morgan fingerprint density at radius 3 is 2.54 bits per heavy atom. The first kappa shape index (κ1) is 18.1. The molecule has 1 aromatic heterocycles. The third-order valence-corrected chi connectivity index (χ3v) is 4.95. The van der Waals surface area contributed by atoms with Gasteiger partial charge in [0.05, 0.1) is 17.7 Å². The molecule has 3 aromatic rings. The van der Waals surface area contributed by atoms with Crippen LogP contribution in [0.3, 0.4) is 0 Å². The standard InChI is InChI=1S/C22H22N2O4/c1-2-27-19-10-6-5-9-18(19)23-11-13-24(14-12-23)21(25)20-15-16-7-3-4-8-17(16)22(26)28-20/h3-10,15H,2,11-14H2,1H3. The summed E-state index contributed by atoms with van der Waals surface area (Å²) >= 11 is 0. The first-order valence-corrected chi connectivity index (χ1v) is 9.46.